The van der Waals surface area contributed by atoms with Crippen LogP contribution in [0.5, 0.6) is 0 Å². The van der Waals surface area contributed by atoms with Crippen molar-refractivity contribution in [3.05, 3.63) is 76.7 Å². The molecule has 37 heavy (non-hydrogen) atoms. The third-order valence-electron chi connectivity index (χ3n) is 7.47. The number of nitrogens with zero attached hydrogens (tertiary/aromatic N) is 3. The summed E-state index contributed by atoms with van der Waals surface area (Å²) in [5.74, 6) is -1.75. The number of amides is 1. The number of hydrogen-bond acceptors (Lipinski definition) is 4. The van der Waals surface area contributed by atoms with E-state index in [0.29, 0.717) is 23.6 Å². The quantitative estimate of drug-likeness (QED) is 0.292. The summed E-state index contributed by atoms with van der Waals surface area (Å²) in [5, 5.41) is 14.0. The highest BCUT2D eigenvalue weighted by molar-refractivity contribution is 6.46. The molecular weight excluding hydrogens is 464 g/mol. The zero-order valence-electron chi connectivity index (χ0n) is 22.8. The molecule has 0 saturated carbocycles. The van der Waals surface area contributed by atoms with Crippen LogP contribution in [0.15, 0.2) is 54.2 Å². The maximum absolute atomic E-state index is 14.0. The number of Topliss-reactive ketones (excluding diaryl/α,β-unsaturated/α-hetero) is 1. The highest BCUT2D eigenvalue weighted by Gasteiger charge is 2.44. The number of imidazole rings is 1. The van der Waals surface area contributed by atoms with Crippen molar-refractivity contribution < 1.29 is 19.6 Å². The summed E-state index contributed by atoms with van der Waals surface area (Å²) < 4.78 is 1.70. The molecule has 0 bridgehead atoms. The molecule has 0 aliphatic carbocycles. The summed E-state index contributed by atoms with van der Waals surface area (Å²) in [7, 11) is 0. The molecule has 7 nitrogen and oxygen atoms in total. The standard InChI is InChI=1S/C30H38N4O3/c1-7-32(8-2)17-11-19-34-26(21-13-15-22(16-14-21)30(4,5)6)24(28(36)29(34)37)27(35)25-20(3)31-23-12-9-10-18-33(23)25/h9-10,12-16,18,26,35H,7-8,11,17,19H2,1-6H3/b27-24+. The minimum atomic E-state index is -0.720. The number of aromatic nitrogens is 2. The predicted octanol–water partition coefficient (Wildman–Crippen LogP) is 2.48. The van der Waals surface area contributed by atoms with E-state index >= 15 is 0 Å². The number of benzene rings is 1. The van der Waals surface area contributed by atoms with E-state index in [1.165, 1.54) is 4.90 Å². The smallest absolute Gasteiger partial charge is 0.295 e. The summed E-state index contributed by atoms with van der Waals surface area (Å²) in [6.45, 7) is 15.8. The van der Waals surface area contributed by atoms with Crippen LogP contribution in [0, 0.1) is 6.92 Å². The summed E-state index contributed by atoms with van der Waals surface area (Å²) >= 11 is 0. The van der Waals surface area contributed by atoms with E-state index in [-0.39, 0.29) is 11.0 Å². The Morgan fingerprint density at radius 2 is 1.73 bits per heavy atom. The van der Waals surface area contributed by atoms with Crippen molar-refractivity contribution in [2.45, 2.75) is 59.4 Å². The van der Waals surface area contributed by atoms with Crippen molar-refractivity contribution >= 4 is 23.1 Å². The second-order valence-electron chi connectivity index (χ2n) is 10.9. The Morgan fingerprint density at radius 3 is 2.35 bits per heavy atom. The third kappa shape index (κ3) is 5.05. The number of quaternary nitrogens is 1. The molecule has 1 atom stereocenters. The molecule has 1 amide bonds. The molecule has 0 spiro atoms. The molecule has 1 N–H and O–H groups in total. The average molecular weight is 503 g/mol. The molecular formula is C30H38N4O3. The van der Waals surface area contributed by atoms with Crippen molar-refractivity contribution in [1.82, 2.24) is 14.3 Å². The molecule has 3 aromatic rings. The van der Waals surface area contributed by atoms with Gasteiger partial charge >= 0.3 is 0 Å². The van der Waals surface area contributed by atoms with Gasteiger partial charge < -0.3 is 19.3 Å². The minimum absolute atomic E-state index is 0.0115. The lowest BCUT2D eigenvalue weighted by Gasteiger charge is -2.28. The van der Waals surface area contributed by atoms with Gasteiger partial charge in [0.15, 0.2) is 0 Å². The summed E-state index contributed by atoms with van der Waals surface area (Å²) in [4.78, 5) is 34.3. The highest BCUT2D eigenvalue weighted by Crippen LogP contribution is 2.39. The Morgan fingerprint density at radius 1 is 1.05 bits per heavy atom. The molecule has 1 unspecified atom stereocenters. The zero-order valence-corrected chi connectivity index (χ0v) is 22.8. The van der Waals surface area contributed by atoms with Crippen LogP contribution in [0.3, 0.4) is 0 Å². The fourth-order valence-electron chi connectivity index (χ4n) is 5.23. The van der Waals surface area contributed by atoms with Crippen LogP contribution in [0.25, 0.3) is 11.4 Å². The van der Waals surface area contributed by atoms with Gasteiger partial charge in [0.05, 0.1) is 37.1 Å². The van der Waals surface area contributed by atoms with Gasteiger partial charge in [-0.25, -0.2) is 4.98 Å². The second kappa shape index (κ2) is 10.5. The Kier molecular flexibility index (Phi) is 7.55. The van der Waals surface area contributed by atoms with E-state index in [1.807, 2.05) is 42.5 Å². The second-order valence-corrected chi connectivity index (χ2v) is 10.9. The van der Waals surface area contributed by atoms with Gasteiger partial charge in [-0.3, -0.25) is 9.59 Å². The first-order valence-corrected chi connectivity index (χ1v) is 13.2. The molecule has 2 aromatic heterocycles. The van der Waals surface area contributed by atoms with Gasteiger partial charge in [-0.2, -0.15) is 0 Å². The highest BCUT2D eigenvalue weighted by atomic mass is 16.3. The molecule has 1 saturated heterocycles. The van der Waals surface area contributed by atoms with E-state index in [1.54, 1.807) is 22.4 Å². The molecule has 3 heterocycles. The topological polar surface area (TPSA) is 82.2 Å². The van der Waals surface area contributed by atoms with Gasteiger partial charge in [0.2, 0.25) is 5.78 Å². The van der Waals surface area contributed by atoms with Crippen LogP contribution in [0.1, 0.15) is 69.6 Å². The molecule has 1 fully saturated rings. The van der Waals surface area contributed by atoms with E-state index in [9.17, 15) is 14.7 Å². The largest absolute Gasteiger partial charge is 0.871 e. The van der Waals surface area contributed by atoms with Gasteiger partial charge in [0.1, 0.15) is 5.65 Å². The first-order chi connectivity index (χ1) is 17.6. The fraction of sp³-hybridized carbons (Fsp3) is 0.433. The number of aryl methyl sites for hydroxylation is 1. The maximum atomic E-state index is 14.0. The molecule has 1 aromatic carbocycles. The van der Waals surface area contributed by atoms with Crippen LogP contribution in [0.4, 0.5) is 0 Å². The van der Waals surface area contributed by atoms with Crippen molar-refractivity contribution in [3.63, 3.8) is 0 Å². The van der Waals surface area contributed by atoms with Gasteiger partial charge in [0.25, 0.3) is 5.91 Å². The number of rotatable bonds is 8. The number of fused-ring (bicyclic) bond motifs is 1. The van der Waals surface area contributed by atoms with E-state index in [0.717, 1.165) is 37.2 Å². The van der Waals surface area contributed by atoms with Crippen LogP contribution >= 0.6 is 0 Å². The Hall–Kier alpha value is -3.45. The number of carbonyl (C=O) groups is 2. The summed E-state index contributed by atoms with van der Waals surface area (Å²) in [6, 6.07) is 12.7. The average Bonchev–Trinajstić information content (AvgIpc) is 3.34. The van der Waals surface area contributed by atoms with Gasteiger partial charge in [-0.15, -0.1) is 0 Å². The first-order valence-electron chi connectivity index (χ1n) is 13.2. The van der Waals surface area contributed by atoms with Gasteiger partial charge in [-0.1, -0.05) is 56.9 Å². The molecule has 4 rings (SSSR count). The van der Waals surface area contributed by atoms with Crippen LogP contribution < -0.4 is 10.0 Å². The number of hydrogen-bond donors (Lipinski definition) is 1. The number of likely N-dealkylation sites (tertiary alicyclic amines) is 1. The SMILES string of the molecule is CC[NH+](CC)CCCN1C(=O)C(=O)/C(=C(/[O-])c2c(C)nc3ccccn23)C1c1ccc(C(C)(C)C)cc1. The van der Waals surface area contributed by atoms with Crippen molar-refractivity contribution in [1.29, 1.82) is 0 Å². The van der Waals surface area contributed by atoms with E-state index in [4.69, 9.17) is 0 Å². The van der Waals surface area contributed by atoms with Crippen molar-refractivity contribution in [2.24, 2.45) is 0 Å². The Bertz CT molecular complexity index is 1330. The maximum Gasteiger partial charge on any atom is 0.295 e. The molecule has 0 radical (unpaired) electrons. The molecule has 196 valence electrons. The zero-order chi connectivity index (χ0) is 26.9. The van der Waals surface area contributed by atoms with Gasteiger partial charge in [0, 0.05) is 24.7 Å². The normalized spacial score (nSPS) is 17.9. The van der Waals surface area contributed by atoms with Crippen LogP contribution in [0.2, 0.25) is 0 Å². The van der Waals surface area contributed by atoms with Gasteiger partial charge in [-0.05, 0) is 49.4 Å². The van der Waals surface area contributed by atoms with Crippen LogP contribution in [-0.4, -0.2) is 52.2 Å². The Labute approximate surface area is 219 Å². The monoisotopic (exact) mass is 502 g/mol. The van der Waals surface area contributed by atoms with Crippen LogP contribution in [-0.2, 0) is 15.0 Å². The van der Waals surface area contributed by atoms with Crippen molar-refractivity contribution in [2.75, 3.05) is 26.2 Å². The molecule has 7 heteroatoms. The summed E-state index contributed by atoms with van der Waals surface area (Å²) in [6.07, 6.45) is 2.52. The number of carbonyl (C=O) groups excluding carboxylic acids is 2. The molecule has 1 aliphatic rings. The van der Waals surface area contributed by atoms with E-state index in [2.05, 4.69) is 39.6 Å². The number of ketones is 1. The lowest BCUT2D eigenvalue weighted by atomic mass is 9.85. The summed E-state index contributed by atoms with van der Waals surface area (Å²) in [5.41, 5.74) is 3.39. The first kappa shape index (κ1) is 26.6. The lowest BCUT2D eigenvalue weighted by Crippen LogP contribution is -3.11. The fourth-order valence-corrected chi connectivity index (χ4v) is 5.23. The number of pyridine rings is 1. The van der Waals surface area contributed by atoms with Crippen molar-refractivity contribution in [3.8, 4) is 0 Å². The number of nitrogens with one attached hydrogen (secondary N) is 1. The Balaban J connectivity index is 1.82. The third-order valence-corrected chi connectivity index (χ3v) is 7.47. The minimum Gasteiger partial charge on any atom is -0.871 e. The predicted molar refractivity (Wildman–Crippen MR) is 143 cm³/mol. The van der Waals surface area contributed by atoms with E-state index < -0.39 is 23.5 Å². The molecule has 1 aliphatic heterocycles. The lowest BCUT2D eigenvalue weighted by molar-refractivity contribution is -0.896.